The zero-order valence-corrected chi connectivity index (χ0v) is 12.4. The standard InChI is InChI=1S/C14H18N4OS/c1-3-16-14(19)10-4-5-12(11(15)6-10)17-7-13-9(2)18-8-20-13/h4-6,8,17H,3,7,15H2,1-2H3,(H,16,19). The highest BCUT2D eigenvalue weighted by atomic mass is 32.1. The van der Waals surface area contributed by atoms with Crippen LogP contribution in [0.15, 0.2) is 23.7 Å². The molecule has 6 heteroatoms. The summed E-state index contributed by atoms with van der Waals surface area (Å²) in [7, 11) is 0. The maximum atomic E-state index is 11.7. The van der Waals surface area contributed by atoms with Gasteiger partial charge in [0.1, 0.15) is 0 Å². The number of carbonyl (C=O) groups excluding carboxylic acids is 1. The number of nitrogens with one attached hydrogen (secondary N) is 2. The van der Waals surface area contributed by atoms with Gasteiger partial charge in [-0.3, -0.25) is 4.79 Å². The van der Waals surface area contributed by atoms with E-state index in [4.69, 9.17) is 5.73 Å². The molecule has 1 aromatic carbocycles. The first-order chi connectivity index (χ1) is 9.61. The van der Waals surface area contributed by atoms with E-state index in [2.05, 4.69) is 15.6 Å². The van der Waals surface area contributed by atoms with Crippen molar-refractivity contribution in [2.75, 3.05) is 17.6 Å². The van der Waals surface area contributed by atoms with Gasteiger partial charge in [-0.2, -0.15) is 0 Å². The van der Waals surface area contributed by atoms with Crippen LogP contribution in [0.1, 0.15) is 27.9 Å². The lowest BCUT2D eigenvalue weighted by atomic mass is 10.1. The zero-order chi connectivity index (χ0) is 14.5. The van der Waals surface area contributed by atoms with Gasteiger partial charge in [0.2, 0.25) is 0 Å². The summed E-state index contributed by atoms with van der Waals surface area (Å²) in [5, 5.41) is 6.02. The van der Waals surface area contributed by atoms with Crippen molar-refractivity contribution in [3.63, 3.8) is 0 Å². The minimum atomic E-state index is -0.107. The maximum absolute atomic E-state index is 11.7. The number of hydrogen-bond donors (Lipinski definition) is 3. The molecule has 0 aliphatic rings. The Labute approximate surface area is 122 Å². The molecule has 1 heterocycles. The summed E-state index contributed by atoms with van der Waals surface area (Å²) >= 11 is 1.61. The van der Waals surface area contributed by atoms with Crippen molar-refractivity contribution < 1.29 is 4.79 Å². The Morgan fingerprint density at radius 2 is 2.25 bits per heavy atom. The quantitative estimate of drug-likeness (QED) is 0.739. The van der Waals surface area contributed by atoms with Gasteiger partial charge in [0.15, 0.2) is 0 Å². The minimum absolute atomic E-state index is 0.107. The fraction of sp³-hybridized carbons (Fsp3) is 0.286. The third-order valence-corrected chi connectivity index (χ3v) is 3.87. The number of anilines is 2. The Morgan fingerprint density at radius 3 is 2.85 bits per heavy atom. The molecule has 1 aromatic heterocycles. The molecule has 106 valence electrons. The summed E-state index contributed by atoms with van der Waals surface area (Å²) in [6.45, 7) is 5.15. The van der Waals surface area contributed by atoms with E-state index >= 15 is 0 Å². The molecule has 4 N–H and O–H groups in total. The van der Waals surface area contributed by atoms with Gasteiger partial charge in [-0.15, -0.1) is 11.3 Å². The number of hydrogen-bond acceptors (Lipinski definition) is 5. The molecule has 0 unspecified atom stereocenters. The van der Waals surface area contributed by atoms with E-state index in [0.717, 1.165) is 11.4 Å². The first-order valence-corrected chi connectivity index (χ1v) is 7.30. The van der Waals surface area contributed by atoms with Crippen LogP contribution >= 0.6 is 11.3 Å². The normalized spacial score (nSPS) is 10.3. The van der Waals surface area contributed by atoms with E-state index in [1.165, 1.54) is 4.88 Å². The second-order valence-corrected chi connectivity index (χ2v) is 5.32. The van der Waals surface area contributed by atoms with Crippen molar-refractivity contribution in [2.24, 2.45) is 0 Å². The molecule has 5 nitrogen and oxygen atoms in total. The van der Waals surface area contributed by atoms with Crippen molar-refractivity contribution in [1.29, 1.82) is 0 Å². The number of thiazole rings is 1. The molecular formula is C14H18N4OS. The molecule has 2 rings (SSSR count). The van der Waals surface area contributed by atoms with Crippen LogP contribution in [0, 0.1) is 6.92 Å². The molecule has 0 fully saturated rings. The van der Waals surface area contributed by atoms with Crippen molar-refractivity contribution in [1.82, 2.24) is 10.3 Å². The highest BCUT2D eigenvalue weighted by Gasteiger charge is 2.08. The number of nitrogens with zero attached hydrogens (tertiary/aromatic N) is 1. The van der Waals surface area contributed by atoms with E-state index in [1.54, 1.807) is 23.5 Å². The summed E-state index contributed by atoms with van der Waals surface area (Å²) in [5.74, 6) is -0.107. The molecule has 1 amide bonds. The monoisotopic (exact) mass is 290 g/mol. The molecule has 0 atom stereocenters. The molecular weight excluding hydrogens is 272 g/mol. The highest BCUT2D eigenvalue weighted by molar-refractivity contribution is 7.09. The van der Waals surface area contributed by atoms with Gasteiger partial charge in [-0.1, -0.05) is 0 Å². The zero-order valence-electron chi connectivity index (χ0n) is 11.6. The number of carbonyl (C=O) groups is 1. The van der Waals surface area contributed by atoms with Crippen molar-refractivity contribution in [2.45, 2.75) is 20.4 Å². The second-order valence-electron chi connectivity index (χ2n) is 4.38. The third-order valence-electron chi connectivity index (χ3n) is 2.94. The summed E-state index contributed by atoms with van der Waals surface area (Å²) in [5.41, 5.74) is 10.8. The van der Waals surface area contributed by atoms with Gasteiger partial charge in [0.25, 0.3) is 5.91 Å². The Kier molecular flexibility index (Phi) is 4.57. The molecule has 0 saturated carbocycles. The number of amides is 1. The average molecular weight is 290 g/mol. The molecule has 0 radical (unpaired) electrons. The Bertz CT molecular complexity index is 609. The van der Waals surface area contributed by atoms with Crippen LogP contribution in [-0.2, 0) is 6.54 Å². The van der Waals surface area contributed by atoms with Crippen molar-refractivity contribution in [3.8, 4) is 0 Å². The number of aromatic nitrogens is 1. The van der Waals surface area contributed by atoms with Crippen LogP contribution in [0.3, 0.4) is 0 Å². The van der Waals surface area contributed by atoms with E-state index in [0.29, 0.717) is 24.3 Å². The van der Waals surface area contributed by atoms with Gasteiger partial charge >= 0.3 is 0 Å². The summed E-state index contributed by atoms with van der Waals surface area (Å²) in [4.78, 5) is 17.1. The fourth-order valence-corrected chi connectivity index (χ4v) is 2.52. The van der Waals surface area contributed by atoms with Gasteiger partial charge < -0.3 is 16.4 Å². The van der Waals surface area contributed by atoms with Gasteiger partial charge in [0.05, 0.1) is 29.1 Å². The number of aryl methyl sites for hydroxylation is 1. The van der Waals surface area contributed by atoms with E-state index in [1.807, 2.05) is 25.4 Å². The van der Waals surface area contributed by atoms with E-state index in [-0.39, 0.29) is 5.91 Å². The van der Waals surface area contributed by atoms with Crippen molar-refractivity contribution in [3.05, 3.63) is 39.8 Å². The summed E-state index contributed by atoms with van der Waals surface area (Å²) in [6, 6.07) is 5.28. The van der Waals surface area contributed by atoms with Crippen LogP contribution in [0.25, 0.3) is 0 Å². The lowest BCUT2D eigenvalue weighted by molar-refractivity contribution is 0.0956. The van der Waals surface area contributed by atoms with Crippen LogP contribution in [-0.4, -0.2) is 17.4 Å². The molecule has 0 saturated heterocycles. The fourth-order valence-electron chi connectivity index (χ4n) is 1.80. The third kappa shape index (κ3) is 3.27. The molecule has 0 aliphatic heterocycles. The average Bonchev–Trinajstić information content (AvgIpc) is 2.83. The van der Waals surface area contributed by atoms with Gasteiger partial charge in [-0.25, -0.2) is 4.98 Å². The number of benzene rings is 1. The van der Waals surface area contributed by atoms with E-state index < -0.39 is 0 Å². The molecule has 0 aliphatic carbocycles. The Balaban J connectivity index is 2.06. The van der Waals surface area contributed by atoms with Gasteiger partial charge in [0, 0.05) is 17.0 Å². The largest absolute Gasteiger partial charge is 0.397 e. The predicted molar refractivity (Wildman–Crippen MR) is 83.0 cm³/mol. The maximum Gasteiger partial charge on any atom is 0.251 e. The Hall–Kier alpha value is -2.08. The molecule has 0 spiro atoms. The first kappa shape index (κ1) is 14.3. The minimum Gasteiger partial charge on any atom is -0.397 e. The number of nitrogens with two attached hydrogens (primary N) is 1. The van der Waals surface area contributed by atoms with Crippen LogP contribution in [0.5, 0.6) is 0 Å². The Morgan fingerprint density at radius 1 is 1.45 bits per heavy atom. The lowest BCUT2D eigenvalue weighted by Gasteiger charge is -2.10. The van der Waals surface area contributed by atoms with E-state index in [9.17, 15) is 4.79 Å². The number of rotatable bonds is 5. The topological polar surface area (TPSA) is 80.0 Å². The molecule has 0 bridgehead atoms. The molecule has 20 heavy (non-hydrogen) atoms. The van der Waals surface area contributed by atoms with Crippen LogP contribution < -0.4 is 16.4 Å². The lowest BCUT2D eigenvalue weighted by Crippen LogP contribution is -2.22. The van der Waals surface area contributed by atoms with Gasteiger partial charge in [-0.05, 0) is 32.0 Å². The SMILES string of the molecule is CCNC(=O)c1ccc(NCc2scnc2C)c(N)c1. The number of nitrogen functional groups attached to an aromatic ring is 1. The van der Waals surface area contributed by atoms with Crippen LogP contribution in [0.4, 0.5) is 11.4 Å². The summed E-state index contributed by atoms with van der Waals surface area (Å²) in [6.07, 6.45) is 0. The predicted octanol–water partition coefficient (Wildman–Crippen LogP) is 2.40. The smallest absolute Gasteiger partial charge is 0.251 e. The van der Waals surface area contributed by atoms with Crippen molar-refractivity contribution >= 4 is 28.6 Å². The molecule has 2 aromatic rings. The highest BCUT2D eigenvalue weighted by Crippen LogP contribution is 2.22. The van der Waals surface area contributed by atoms with Crippen LogP contribution in [0.2, 0.25) is 0 Å². The second kappa shape index (κ2) is 6.38. The first-order valence-electron chi connectivity index (χ1n) is 6.42. The summed E-state index contributed by atoms with van der Waals surface area (Å²) < 4.78 is 0.